The molecule has 37 heavy (non-hydrogen) atoms. The highest BCUT2D eigenvalue weighted by atomic mass is 35.5. The number of pyridine rings is 1. The second-order valence-corrected chi connectivity index (χ2v) is 11.3. The lowest BCUT2D eigenvalue weighted by molar-refractivity contribution is 0.195. The van der Waals surface area contributed by atoms with Crippen molar-refractivity contribution in [1.82, 2.24) is 4.98 Å². The number of hydrogen-bond acceptors (Lipinski definition) is 5. The third-order valence-corrected chi connectivity index (χ3v) is 6.91. The first-order chi connectivity index (χ1) is 17.7. The smallest absolute Gasteiger partial charge is 0.264 e. The molecule has 1 heterocycles. The van der Waals surface area contributed by atoms with Gasteiger partial charge in [-0.3, -0.25) is 4.18 Å². The summed E-state index contributed by atoms with van der Waals surface area (Å²) in [7, 11) is -3.55. The standard InChI is InChI=1S/C30H30ClNO4S/c1-21(33)18-24-7-3-4-9-28(24)29(16-17-36-37(2,34)35)25-8-5-6-22(19-25)10-14-27-15-12-23-11-13-26(31)20-30(23)32-27/h3-15,19-21,29,33H,16-18H2,1-2H3. The minimum absolute atomic E-state index is 0.0656. The van der Waals surface area contributed by atoms with Crippen LogP contribution in [0.25, 0.3) is 23.1 Å². The summed E-state index contributed by atoms with van der Waals surface area (Å²) in [4.78, 5) is 4.69. The average molecular weight is 536 g/mol. The van der Waals surface area contributed by atoms with Crippen LogP contribution in [0.3, 0.4) is 0 Å². The van der Waals surface area contributed by atoms with Crippen molar-refractivity contribution in [2.45, 2.75) is 31.8 Å². The number of aliphatic hydroxyl groups excluding tert-OH is 1. The molecule has 192 valence electrons. The second kappa shape index (κ2) is 12.0. The Morgan fingerprint density at radius 2 is 1.78 bits per heavy atom. The zero-order valence-corrected chi connectivity index (χ0v) is 22.4. The van der Waals surface area contributed by atoms with Crippen LogP contribution in [0, 0.1) is 0 Å². The van der Waals surface area contributed by atoms with Gasteiger partial charge >= 0.3 is 0 Å². The van der Waals surface area contributed by atoms with Crippen LogP contribution >= 0.6 is 11.6 Å². The molecule has 0 aliphatic rings. The van der Waals surface area contributed by atoms with Gasteiger partial charge in [-0.05, 0) is 66.3 Å². The molecule has 1 N–H and O–H groups in total. The van der Waals surface area contributed by atoms with Crippen molar-refractivity contribution in [3.05, 3.63) is 112 Å². The van der Waals surface area contributed by atoms with E-state index in [1.165, 1.54) is 0 Å². The van der Waals surface area contributed by atoms with Gasteiger partial charge in [-0.25, -0.2) is 4.98 Å². The Hall–Kier alpha value is -3.03. The van der Waals surface area contributed by atoms with Gasteiger partial charge in [-0.15, -0.1) is 0 Å². The van der Waals surface area contributed by atoms with Gasteiger partial charge in [0.05, 0.1) is 30.2 Å². The van der Waals surface area contributed by atoms with E-state index in [0.29, 0.717) is 17.9 Å². The molecule has 4 rings (SSSR count). The van der Waals surface area contributed by atoms with Crippen LogP contribution in [0.5, 0.6) is 0 Å². The normalized spacial score (nSPS) is 13.7. The minimum atomic E-state index is -3.55. The second-order valence-electron chi connectivity index (χ2n) is 9.20. The van der Waals surface area contributed by atoms with Crippen LogP contribution in [-0.4, -0.2) is 37.5 Å². The first kappa shape index (κ1) is 27.0. The Bertz CT molecular complexity index is 1520. The van der Waals surface area contributed by atoms with E-state index in [9.17, 15) is 13.5 Å². The lowest BCUT2D eigenvalue weighted by Crippen LogP contribution is -2.13. The van der Waals surface area contributed by atoms with E-state index in [4.69, 9.17) is 20.8 Å². The molecule has 2 unspecified atom stereocenters. The molecule has 3 aromatic carbocycles. The predicted octanol–water partition coefficient (Wildman–Crippen LogP) is 6.48. The predicted molar refractivity (Wildman–Crippen MR) is 151 cm³/mol. The molecule has 0 fully saturated rings. The zero-order valence-electron chi connectivity index (χ0n) is 20.8. The van der Waals surface area contributed by atoms with E-state index in [-0.39, 0.29) is 12.5 Å². The summed E-state index contributed by atoms with van der Waals surface area (Å²) in [5.74, 6) is -0.106. The van der Waals surface area contributed by atoms with Crippen LogP contribution in [0.1, 0.15) is 47.2 Å². The van der Waals surface area contributed by atoms with Crippen LogP contribution < -0.4 is 0 Å². The number of benzene rings is 3. The number of hydrogen-bond donors (Lipinski definition) is 1. The summed E-state index contributed by atoms with van der Waals surface area (Å²) >= 11 is 6.13. The molecular weight excluding hydrogens is 506 g/mol. The molecule has 5 nitrogen and oxygen atoms in total. The highest BCUT2D eigenvalue weighted by Gasteiger charge is 2.19. The summed E-state index contributed by atoms with van der Waals surface area (Å²) in [6.07, 6.45) is 5.52. The lowest BCUT2D eigenvalue weighted by atomic mass is 9.84. The van der Waals surface area contributed by atoms with Gasteiger partial charge in [0.2, 0.25) is 0 Å². The number of rotatable bonds is 10. The summed E-state index contributed by atoms with van der Waals surface area (Å²) in [5.41, 5.74) is 5.77. The third kappa shape index (κ3) is 7.73. The molecule has 7 heteroatoms. The lowest BCUT2D eigenvalue weighted by Gasteiger charge is -2.22. The van der Waals surface area contributed by atoms with E-state index in [1.807, 2.05) is 84.9 Å². The van der Waals surface area contributed by atoms with E-state index in [2.05, 4.69) is 6.07 Å². The molecule has 1 aromatic heterocycles. The number of aromatic nitrogens is 1. The molecule has 0 radical (unpaired) electrons. The average Bonchev–Trinajstić information content (AvgIpc) is 2.85. The van der Waals surface area contributed by atoms with Gasteiger partial charge in [-0.1, -0.05) is 78.3 Å². The van der Waals surface area contributed by atoms with Crippen molar-refractivity contribution in [3.8, 4) is 0 Å². The van der Waals surface area contributed by atoms with Crippen LogP contribution in [-0.2, 0) is 20.7 Å². The zero-order chi connectivity index (χ0) is 26.4. The van der Waals surface area contributed by atoms with Gasteiger partial charge in [0.1, 0.15) is 0 Å². The summed E-state index contributed by atoms with van der Waals surface area (Å²) in [6, 6.07) is 25.7. The summed E-state index contributed by atoms with van der Waals surface area (Å²) in [6.45, 7) is 1.83. The first-order valence-electron chi connectivity index (χ1n) is 12.1. The Morgan fingerprint density at radius 3 is 2.57 bits per heavy atom. The van der Waals surface area contributed by atoms with Crippen molar-refractivity contribution in [1.29, 1.82) is 0 Å². The molecule has 0 amide bonds. The van der Waals surface area contributed by atoms with Gasteiger partial charge in [0.15, 0.2) is 0 Å². The van der Waals surface area contributed by atoms with Crippen molar-refractivity contribution in [3.63, 3.8) is 0 Å². The Labute approximate surface area is 223 Å². The third-order valence-electron chi connectivity index (χ3n) is 6.09. The van der Waals surface area contributed by atoms with Crippen LogP contribution in [0.2, 0.25) is 5.02 Å². The maximum Gasteiger partial charge on any atom is 0.264 e. The van der Waals surface area contributed by atoms with Gasteiger partial charge in [0, 0.05) is 16.3 Å². The molecular formula is C30H30ClNO4S. The van der Waals surface area contributed by atoms with Gasteiger partial charge < -0.3 is 5.11 Å². The summed E-state index contributed by atoms with van der Waals surface area (Å²) in [5, 5.41) is 11.7. The Kier molecular flexibility index (Phi) is 8.77. The maximum absolute atomic E-state index is 11.6. The Balaban J connectivity index is 1.65. The fraction of sp³-hybridized carbons (Fsp3) is 0.233. The fourth-order valence-electron chi connectivity index (χ4n) is 4.46. The fourth-order valence-corrected chi connectivity index (χ4v) is 5.02. The Morgan fingerprint density at radius 1 is 1.00 bits per heavy atom. The number of nitrogens with zero attached hydrogens (tertiary/aromatic N) is 1. The van der Waals surface area contributed by atoms with Crippen LogP contribution in [0.15, 0.2) is 78.9 Å². The molecule has 0 saturated heterocycles. The summed E-state index contributed by atoms with van der Waals surface area (Å²) < 4.78 is 28.3. The molecule has 2 atom stereocenters. The minimum Gasteiger partial charge on any atom is -0.393 e. The van der Waals surface area contributed by atoms with E-state index < -0.39 is 16.2 Å². The highest BCUT2D eigenvalue weighted by Crippen LogP contribution is 2.32. The molecule has 4 aromatic rings. The number of halogens is 1. The van der Waals surface area contributed by atoms with E-state index >= 15 is 0 Å². The van der Waals surface area contributed by atoms with Crippen molar-refractivity contribution < 1.29 is 17.7 Å². The molecule has 0 aliphatic carbocycles. The quantitative estimate of drug-likeness (QED) is 0.235. The maximum atomic E-state index is 11.6. The van der Waals surface area contributed by atoms with Gasteiger partial charge in [0.25, 0.3) is 10.1 Å². The molecule has 0 bridgehead atoms. The van der Waals surface area contributed by atoms with Gasteiger partial charge in [-0.2, -0.15) is 8.42 Å². The van der Waals surface area contributed by atoms with E-state index in [1.54, 1.807) is 6.92 Å². The van der Waals surface area contributed by atoms with Crippen molar-refractivity contribution in [2.24, 2.45) is 0 Å². The van der Waals surface area contributed by atoms with Crippen molar-refractivity contribution in [2.75, 3.05) is 12.9 Å². The molecule has 0 spiro atoms. The molecule has 0 saturated carbocycles. The highest BCUT2D eigenvalue weighted by molar-refractivity contribution is 7.85. The monoisotopic (exact) mass is 535 g/mol. The van der Waals surface area contributed by atoms with Crippen LogP contribution in [0.4, 0.5) is 0 Å². The molecule has 0 aliphatic heterocycles. The van der Waals surface area contributed by atoms with Crippen molar-refractivity contribution >= 4 is 44.8 Å². The number of fused-ring (bicyclic) bond motifs is 1. The topological polar surface area (TPSA) is 76.5 Å². The first-order valence-corrected chi connectivity index (χ1v) is 14.3. The number of aliphatic hydroxyl groups is 1. The largest absolute Gasteiger partial charge is 0.393 e. The SMILES string of the molecule is CC(O)Cc1ccccc1C(CCOS(C)(=O)=O)c1cccc(C=Cc2ccc3ccc(Cl)cc3n2)c1. The van der Waals surface area contributed by atoms with E-state index in [0.717, 1.165) is 45.1 Å².